The summed E-state index contributed by atoms with van der Waals surface area (Å²) >= 11 is 0. The number of aromatic nitrogens is 1. The van der Waals surface area contributed by atoms with Crippen LogP contribution in [0.2, 0.25) is 0 Å². The number of nitrogens with two attached hydrogens (primary N) is 1. The molecule has 0 spiro atoms. The maximum atomic E-state index is 14.4. The van der Waals surface area contributed by atoms with E-state index in [0.717, 1.165) is 5.56 Å². The molecule has 4 rings (SSSR count). The van der Waals surface area contributed by atoms with E-state index in [1.165, 1.54) is 12.1 Å². The summed E-state index contributed by atoms with van der Waals surface area (Å²) in [6.07, 6.45) is -0.803. The van der Waals surface area contributed by atoms with Crippen molar-refractivity contribution in [2.24, 2.45) is 5.73 Å². The van der Waals surface area contributed by atoms with Crippen LogP contribution >= 0.6 is 0 Å². The highest BCUT2D eigenvalue weighted by atomic mass is 19.3. The number of alkyl halides is 2. The van der Waals surface area contributed by atoms with Crippen LogP contribution in [0.15, 0.2) is 36.4 Å². The van der Waals surface area contributed by atoms with E-state index in [0.29, 0.717) is 66.6 Å². The lowest BCUT2D eigenvalue weighted by Crippen LogP contribution is -2.38. The smallest absolute Gasteiger partial charge is 0.265 e. The van der Waals surface area contributed by atoms with Crippen LogP contribution in [0.1, 0.15) is 64.9 Å². The summed E-state index contributed by atoms with van der Waals surface area (Å²) in [5.41, 5.74) is 8.59. The predicted octanol–water partition coefficient (Wildman–Crippen LogP) is 5.29. The molecule has 0 unspecified atom stereocenters. The number of hydrogen-bond acceptors (Lipinski definition) is 2. The predicted molar refractivity (Wildman–Crippen MR) is 115 cm³/mol. The molecule has 1 aliphatic rings. The molecule has 7 heteroatoms. The van der Waals surface area contributed by atoms with E-state index in [1.54, 1.807) is 23.1 Å². The summed E-state index contributed by atoms with van der Waals surface area (Å²) in [5, 5.41) is 0.531. The van der Waals surface area contributed by atoms with Gasteiger partial charge in [-0.1, -0.05) is 37.3 Å². The molecular weight excluding hydrogens is 403 g/mol. The number of halogens is 3. The summed E-state index contributed by atoms with van der Waals surface area (Å²) in [7, 11) is 0. The highest BCUT2D eigenvalue weighted by Gasteiger charge is 2.29. The number of nitrogens with zero attached hydrogens (tertiary/aromatic N) is 1. The molecule has 0 bridgehead atoms. The van der Waals surface area contributed by atoms with E-state index < -0.39 is 6.43 Å². The quantitative estimate of drug-likeness (QED) is 0.579. The van der Waals surface area contributed by atoms with Crippen molar-refractivity contribution in [1.29, 1.82) is 0 Å². The van der Waals surface area contributed by atoms with Gasteiger partial charge in [-0.05, 0) is 42.4 Å². The molecule has 0 aliphatic carbocycles. The van der Waals surface area contributed by atoms with Gasteiger partial charge in [-0.3, -0.25) is 4.79 Å². The van der Waals surface area contributed by atoms with Gasteiger partial charge in [0.05, 0.1) is 11.1 Å². The lowest BCUT2D eigenvalue weighted by Gasteiger charge is -2.32. The van der Waals surface area contributed by atoms with Gasteiger partial charge in [0.2, 0.25) is 0 Å². The fraction of sp³-hybridized carbons (Fsp3) is 0.375. The van der Waals surface area contributed by atoms with Crippen LogP contribution in [-0.4, -0.2) is 28.9 Å². The Morgan fingerprint density at radius 1 is 1.23 bits per heavy atom. The molecule has 0 radical (unpaired) electrons. The summed E-state index contributed by atoms with van der Waals surface area (Å²) < 4.78 is 41.2. The number of hydrogen-bond donors (Lipinski definition) is 2. The Hall–Kier alpha value is -2.80. The second kappa shape index (κ2) is 8.75. The van der Waals surface area contributed by atoms with Crippen LogP contribution in [0.25, 0.3) is 10.9 Å². The second-order valence-corrected chi connectivity index (χ2v) is 8.03. The van der Waals surface area contributed by atoms with E-state index in [4.69, 9.17) is 5.73 Å². The van der Waals surface area contributed by atoms with Gasteiger partial charge in [0.1, 0.15) is 5.82 Å². The normalized spacial score (nSPS) is 15.2. The first kappa shape index (κ1) is 21.4. The van der Waals surface area contributed by atoms with E-state index in [1.807, 2.05) is 13.0 Å². The summed E-state index contributed by atoms with van der Waals surface area (Å²) in [5.74, 6) is -0.384. The summed E-state index contributed by atoms with van der Waals surface area (Å²) in [6.45, 7) is 3.22. The SMILES string of the molecule is CCc1[nH]c2c(C(F)F)cccc2c1C(=O)N1CCC(c2cc(CN)ccc2F)CC1. The number of likely N-dealkylation sites (tertiary alicyclic amines) is 1. The minimum Gasteiger partial charge on any atom is -0.357 e. The molecule has 3 aromatic rings. The monoisotopic (exact) mass is 429 g/mol. The zero-order valence-electron chi connectivity index (χ0n) is 17.4. The molecule has 4 nitrogen and oxygen atoms in total. The maximum Gasteiger partial charge on any atom is 0.265 e. The molecule has 1 amide bonds. The number of aromatic amines is 1. The molecule has 3 N–H and O–H groups in total. The van der Waals surface area contributed by atoms with Gasteiger partial charge in [-0.2, -0.15) is 0 Å². The topological polar surface area (TPSA) is 62.1 Å². The number of piperidine rings is 1. The van der Waals surface area contributed by atoms with E-state index in [-0.39, 0.29) is 23.2 Å². The van der Waals surface area contributed by atoms with Crippen LogP contribution in [0.3, 0.4) is 0 Å². The van der Waals surface area contributed by atoms with Gasteiger partial charge in [0, 0.05) is 36.3 Å². The fourth-order valence-electron chi connectivity index (χ4n) is 4.57. The number of H-pyrrole nitrogens is 1. The van der Waals surface area contributed by atoms with Gasteiger partial charge in [-0.15, -0.1) is 0 Å². The Balaban J connectivity index is 1.58. The van der Waals surface area contributed by atoms with Crippen molar-refractivity contribution in [3.05, 3.63) is 70.2 Å². The van der Waals surface area contributed by atoms with Gasteiger partial charge in [0.25, 0.3) is 12.3 Å². The molecule has 2 aromatic carbocycles. The Morgan fingerprint density at radius 3 is 2.61 bits per heavy atom. The number of fused-ring (bicyclic) bond motifs is 1. The number of benzene rings is 2. The van der Waals surface area contributed by atoms with Crippen molar-refractivity contribution >= 4 is 16.8 Å². The lowest BCUT2D eigenvalue weighted by atomic mass is 9.88. The minimum absolute atomic E-state index is 0.0228. The Labute approximate surface area is 179 Å². The van der Waals surface area contributed by atoms with Crippen LogP contribution in [0.4, 0.5) is 13.2 Å². The molecule has 31 heavy (non-hydrogen) atoms. The number of carbonyl (C=O) groups is 1. The molecular formula is C24H26F3N3O. The zero-order valence-corrected chi connectivity index (χ0v) is 17.4. The second-order valence-electron chi connectivity index (χ2n) is 8.03. The summed E-state index contributed by atoms with van der Waals surface area (Å²) in [4.78, 5) is 18.2. The van der Waals surface area contributed by atoms with Crippen LogP contribution in [0.5, 0.6) is 0 Å². The molecule has 1 aliphatic heterocycles. The highest BCUT2D eigenvalue weighted by Crippen LogP contribution is 2.34. The first-order valence-corrected chi connectivity index (χ1v) is 10.6. The zero-order chi connectivity index (χ0) is 22.1. The first-order valence-electron chi connectivity index (χ1n) is 10.6. The molecule has 0 saturated carbocycles. The molecule has 164 valence electrons. The van der Waals surface area contributed by atoms with Crippen molar-refractivity contribution in [1.82, 2.24) is 9.88 Å². The van der Waals surface area contributed by atoms with Gasteiger partial charge in [0.15, 0.2) is 0 Å². The van der Waals surface area contributed by atoms with Crippen molar-refractivity contribution in [3.8, 4) is 0 Å². The van der Waals surface area contributed by atoms with Crippen molar-refractivity contribution in [2.45, 2.75) is 45.1 Å². The van der Waals surface area contributed by atoms with Gasteiger partial charge < -0.3 is 15.6 Å². The van der Waals surface area contributed by atoms with Crippen molar-refractivity contribution in [2.75, 3.05) is 13.1 Å². The average molecular weight is 429 g/mol. The third kappa shape index (κ3) is 3.94. The van der Waals surface area contributed by atoms with Crippen LogP contribution in [0, 0.1) is 5.82 Å². The number of rotatable bonds is 5. The van der Waals surface area contributed by atoms with Crippen molar-refractivity contribution in [3.63, 3.8) is 0 Å². The number of amides is 1. The third-order valence-corrected chi connectivity index (χ3v) is 6.26. The molecule has 2 heterocycles. The third-order valence-electron chi connectivity index (χ3n) is 6.26. The highest BCUT2D eigenvalue weighted by molar-refractivity contribution is 6.09. The molecule has 1 aromatic heterocycles. The van der Waals surface area contributed by atoms with E-state index in [2.05, 4.69) is 4.98 Å². The maximum absolute atomic E-state index is 14.4. The number of carbonyl (C=O) groups excluding carboxylic acids is 1. The Bertz CT molecular complexity index is 1100. The van der Waals surface area contributed by atoms with E-state index >= 15 is 0 Å². The first-order chi connectivity index (χ1) is 14.9. The number of nitrogens with one attached hydrogen (secondary N) is 1. The Morgan fingerprint density at radius 2 is 1.97 bits per heavy atom. The largest absolute Gasteiger partial charge is 0.357 e. The average Bonchev–Trinajstić information content (AvgIpc) is 3.17. The minimum atomic E-state index is -2.62. The number of aryl methyl sites for hydroxylation is 1. The fourth-order valence-corrected chi connectivity index (χ4v) is 4.57. The molecule has 0 atom stereocenters. The molecule has 1 saturated heterocycles. The molecule has 1 fully saturated rings. The number of para-hydroxylation sites is 1. The van der Waals surface area contributed by atoms with E-state index in [9.17, 15) is 18.0 Å². The summed E-state index contributed by atoms with van der Waals surface area (Å²) in [6, 6.07) is 9.62. The van der Waals surface area contributed by atoms with Crippen molar-refractivity contribution < 1.29 is 18.0 Å². The van der Waals surface area contributed by atoms with Gasteiger partial charge >= 0.3 is 0 Å². The Kier molecular flexibility index (Phi) is 6.05. The lowest BCUT2D eigenvalue weighted by molar-refractivity contribution is 0.0713. The van der Waals surface area contributed by atoms with Crippen LogP contribution in [-0.2, 0) is 13.0 Å². The van der Waals surface area contributed by atoms with Gasteiger partial charge in [-0.25, -0.2) is 13.2 Å². The standard InChI is InChI=1S/C24H26F3N3O/c1-2-20-21(16-4-3-5-17(23(26)27)22(16)29-20)24(31)30-10-8-15(9-11-30)18-12-14(13-28)6-7-19(18)25/h3-7,12,15,23,29H,2,8-11,13,28H2,1H3. The van der Waals surface area contributed by atoms with Crippen LogP contribution < -0.4 is 5.73 Å².